The van der Waals surface area contributed by atoms with Crippen LogP contribution in [0.1, 0.15) is 19.8 Å². The fourth-order valence-corrected chi connectivity index (χ4v) is 2.82. The largest absolute Gasteiger partial charge is 0.332 e. The first-order valence-electron chi connectivity index (χ1n) is 7.26. The van der Waals surface area contributed by atoms with Gasteiger partial charge in [-0.3, -0.25) is 13.9 Å². The van der Waals surface area contributed by atoms with Gasteiger partial charge in [-0.2, -0.15) is 0 Å². The van der Waals surface area contributed by atoms with Crippen molar-refractivity contribution in [1.82, 2.24) is 9.13 Å². The standard InChI is InChI=1S/C16H18Cl2N2O2/c1-2-10-20-15(21)13(12-7-4-3-5-8-12)14(18)19(16(20)22)11-6-9-17/h3-5,7-8H,2,6,9-11H2,1H3. The Morgan fingerprint density at radius 3 is 2.32 bits per heavy atom. The minimum atomic E-state index is -0.373. The van der Waals surface area contributed by atoms with Crippen LogP contribution in [-0.2, 0) is 13.1 Å². The zero-order chi connectivity index (χ0) is 16.1. The Hall–Kier alpha value is -1.52. The number of nitrogens with zero attached hydrogens (tertiary/aromatic N) is 2. The maximum Gasteiger partial charge on any atom is 0.332 e. The fraction of sp³-hybridized carbons (Fsp3) is 0.375. The van der Waals surface area contributed by atoms with Crippen LogP contribution in [0, 0.1) is 0 Å². The Kier molecular flexibility index (Phi) is 5.86. The van der Waals surface area contributed by atoms with Gasteiger partial charge in [0.1, 0.15) is 5.15 Å². The van der Waals surface area contributed by atoms with Gasteiger partial charge in [-0.05, 0) is 18.4 Å². The lowest BCUT2D eigenvalue weighted by Crippen LogP contribution is -2.41. The second-order valence-corrected chi connectivity index (χ2v) is 5.70. The fourth-order valence-electron chi connectivity index (χ4n) is 2.35. The topological polar surface area (TPSA) is 44.0 Å². The average Bonchev–Trinajstić information content (AvgIpc) is 2.52. The summed E-state index contributed by atoms with van der Waals surface area (Å²) in [7, 11) is 0. The summed E-state index contributed by atoms with van der Waals surface area (Å²) < 4.78 is 2.69. The molecule has 0 saturated carbocycles. The van der Waals surface area contributed by atoms with Crippen molar-refractivity contribution in [3.63, 3.8) is 0 Å². The minimum Gasteiger partial charge on any atom is -0.283 e. The van der Waals surface area contributed by atoms with Crippen LogP contribution in [0.4, 0.5) is 0 Å². The number of alkyl halides is 1. The third-order valence-electron chi connectivity index (χ3n) is 3.39. The summed E-state index contributed by atoms with van der Waals surface area (Å²) in [5, 5.41) is 0.179. The molecule has 0 N–H and O–H groups in total. The van der Waals surface area contributed by atoms with E-state index >= 15 is 0 Å². The first-order chi connectivity index (χ1) is 10.6. The van der Waals surface area contributed by atoms with E-state index < -0.39 is 0 Å². The predicted molar refractivity (Wildman–Crippen MR) is 91.0 cm³/mol. The van der Waals surface area contributed by atoms with Gasteiger partial charge in [0.25, 0.3) is 5.56 Å². The predicted octanol–water partition coefficient (Wildman–Crippen LogP) is 3.37. The molecular weight excluding hydrogens is 323 g/mol. The Morgan fingerprint density at radius 2 is 1.73 bits per heavy atom. The molecule has 0 atom stereocenters. The van der Waals surface area contributed by atoms with Crippen molar-refractivity contribution in [3.8, 4) is 11.1 Å². The summed E-state index contributed by atoms with van der Waals surface area (Å²) in [5.41, 5.74) is 0.360. The van der Waals surface area contributed by atoms with E-state index in [0.717, 1.165) is 0 Å². The van der Waals surface area contributed by atoms with Crippen LogP contribution in [-0.4, -0.2) is 15.0 Å². The monoisotopic (exact) mass is 340 g/mol. The van der Waals surface area contributed by atoms with E-state index in [4.69, 9.17) is 23.2 Å². The normalized spacial score (nSPS) is 10.9. The van der Waals surface area contributed by atoms with Crippen molar-refractivity contribution >= 4 is 23.2 Å². The molecule has 118 valence electrons. The second-order valence-electron chi connectivity index (χ2n) is 4.97. The second kappa shape index (κ2) is 7.65. The number of hydrogen-bond donors (Lipinski definition) is 0. The Balaban J connectivity index is 2.74. The smallest absolute Gasteiger partial charge is 0.283 e. The van der Waals surface area contributed by atoms with Crippen LogP contribution in [0.15, 0.2) is 39.9 Å². The summed E-state index contributed by atoms with van der Waals surface area (Å²) >= 11 is 12.1. The Labute approximate surface area is 138 Å². The highest BCUT2D eigenvalue weighted by atomic mass is 35.5. The molecule has 1 aromatic heterocycles. The average molecular weight is 341 g/mol. The van der Waals surface area contributed by atoms with E-state index in [1.54, 1.807) is 0 Å². The van der Waals surface area contributed by atoms with E-state index in [9.17, 15) is 9.59 Å². The van der Waals surface area contributed by atoms with Crippen LogP contribution < -0.4 is 11.2 Å². The van der Waals surface area contributed by atoms with Crippen molar-refractivity contribution in [1.29, 1.82) is 0 Å². The zero-order valence-corrected chi connectivity index (χ0v) is 13.9. The summed E-state index contributed by atoms with van der Waals surface area (Å²) in [4.78, 5) is 25.2. The van der Waals surface area contributed by atoms with Crippen LogP contribution in [0.5, 0.6) is 0 Å². The van der Waals surface area contributed by atoms with Crippen molar-refractivity contribution in [2.75, 3.05) is 5.88 Å². The summed E-state index contributed by atoms with van der Waals surface area (Å²) in [6.45, 7) is 2.69. The maximum absolute atomic E-state index is 12.7. The summed E-state index contributed by atoms with van der Waals surface area (Å²) in [6, 6.07) is 9.17. The molecular formula is C16H18Cl2N2O2. The van der Waals surface area contributed by atoms with Crippen LogP contribution >= 0.6 is 23.2 Å². The van der Waals surface area contributed by atoms with Crippen molar-refractivity contribution in [2.45, 2.75) is 32.9 Å². The van der Waals surface area contributed by atoms with Gasteiger partial charge >= 0.3 is 5.69 Å². The molecule has 0 saturated heterocycles. The highest BCUT2D eigenvalue weighted by Gasteiger charge is 2.18. The lowest BCUT2D eigenvalue weighted by Gasteiger charge is -2.15. The van der Waals surface area contributed by atoms with E-state index in [1.165, 1.54) is 9.13 Å². The molecule has 2 aromatic rings. The van der Waals surface area contributed by atoms with Gasteiger partial charge in [0.15, 0.2) is 0 Å². The molecule has 0 bridgehead atoms. The van der Waals surface area contributed by atoms with E-state index in [-0.39, 0.29) is 16.4 Å². The molecule has 0 amide bonds. The molecule has 0 spiro atoms. The molecule has 1 heterocycles. The molecule has 22 heavy (non-hydrogen) atoms. The lowest BCUT2D eigenvalue weighted by atomic mass is 10.1. The molecule has 0 aliphatic carbocycles. The van der Waals surface area contributed by atoms with E-state index in [1.807, 2.05) is 37.3 Å². The van der Waals surface area contributed by atoms with Gasteiger partial charge in [0.2, 0.25) is 0 Å². The number of aromatic nitrogens is 2. The lowest BCUT2D eigenvalue weighted by molar-refractivity contribution is 0.543. The molecule has 6 heteroatoms. The molecule has 2 rings (SSSR count). The van der Waals surface area contributed by atoms with Crippen molar-refractivity contribution in [3.05, 3.63) is 56.3 Å². The number of hydrogen-bond acceptors (Lipinski definition) is 2. The Bertz CT molecular complexity index is 751. The molecule has 0 aliphatic rings. The molecule has 0 fully saturated rings. The zero-order valence-electron chi connectivity index (χ0n) is 12.4. The molecule has 4 nitrogen and oxygen atoms in total. The van der Waals surface area contributed by atoms with Gasteiger partial charge < -0.3 is 0 Å². The quantitative estimate of drug-likeness (QED) is 0.597. The third kappa shape index (κ3) is 3.28. The SMILES string of the molecule is CCCn1c(=O)c(-c2ccccc2)c(Cl)n(CCCCl)c1=O. The third-order valence-corrected chi connectivity index (χ3v) is 4.05. The first-order valence-corrected chi connectivity index (χ1v) is 8.17. The van der Waals surface area contributed by atoms with Crippen LogP contribution in [0.25, 0.3) is 11.1 Å². The summed E-state index contributed by atoms with van der Waals surface area (Å²) in [5.74, 6) is 0.427. The van der Waals surface area contributed by atoms with Gasteiger partial charge in [-0.25, -0.2) is 4.79 Å². The van der Waals surface area contributed by atoms with Crippen LogP contribution in [0.3, 0.4) is 0 Å². The van der Waals surface area contributed by atoms with Gasteiger partial charge in [0, 0.05) is 19.0 Å². The van der Waals surface area contributed by atoms with E-state index in [0.29, 0.717) is 42.9 Å². The van der Waals surface area contributed by atoms with Crippen LogP contribution in [0.2, 0.25) is 5.15 Å². The number of halogens is 2. The minimum absolute atomic E-state index is 0.179. The molecule has 0 radical (unpaired) electrons. The highest BCUT2D eigenvalue weighted by Crippen LogP contribution is 2.23. The van der Waals surface area contributed by atoms with Gasteiger partial charge in [-0.15, -0.1) is 11.6 Å². The Morgan fingerprint density at radius 1 is 1.05 bits per heavy atom. The van der Waals surface area contributed by atoms with Gasteiger partial charge in [0.05, 0.1) is 5.56 Å². The molecule has 0 unspecified atom stereocenters. The van der Waals surface area contributed by atoms with E-state index in [2.05, 4.69) is 0 Å². The molecule has 0 aliphatic heterocycles. The van der Waals surface area contributed by atoms with Crippen molar-refractivity contribution < 1.29 is 0 Å². The summed E-state index contributed by atoms with van der Waals surface area (Å²) in [6.07, 6.45) is 1.31. The van der Waals surface area contributed by atoms with Crippen molar-refractivity contribution in [2.24, 2.45) is 0 Å². The highest BCUT2D eigenvalue weighted by molar-refractivity contribution is 6.32. The van der Waals surface area contributed by atoms with Gasteiger partial charge in [-0.1, -0.05) is 48.9 Å². The number of benzene rings is 1. The first kappa shape index (κ1) is 16.8. The molecule has 1 aromatic carbocycles. The number of rotatable bonds is 6. The maximum atomic E-state index is 12.7.